The predicted octanol–water partition coefficient (Wildman–Crippen LogP) is -1.75. The van der Waals surface area contributed by atoms with Crippen molar-refractivity contribution in [2.24, 2.45) is 0 Å². The molecule has 0 fully saturated rings. The van der Waals surface area contributed by atoms with E-state index in [1.54, 1.807) is 6.26 Å². The van der Waals surface area contributed by atoms with Gasteiger partial charge in [0.1, 0.15) is 11.8 Å². The first-order valence-corrected chi connectivity index (χ1v) is 10.3. The van der Waals surface area contributed by atoms with E-state index >= 15 is 0 Å². The number of carbonyl (C=O) groups is 6. The molecule has 196 valence electrons. The van der Waals surface area contributed by atoms with Crippen LogP contribution in [-0.2, 0) is 28.8 Å². The Hall–Kier alpha value is -3.49. The van der Waals surface area contributed by atoms with Gasteiger partial charge >= 0.3 is 0 Å². The Bertz CT molecular complexity index is 1190. The van der Waals surface area contributed by atoms with Crippen LogP contribution in [0.4, 0.5) is 0 Å². The quantitative estimate of drug-likeness (QED) is 0.177. The largest absolute Gasteiger partial charge is 0.393 e. The summed E-state index contributed by atoms with van der Waals surface area (Å²) in [5.74, 6) is -10.5. The Morgan fingerprint density at radius 3 is 1.64 bits per heavy atom. The van der Waals surface area contributed by atoms with Crippen molar-refractivity contribution in [3.8, 4) is 0 Å². The second-order valence-electron chi connectivity index (χ2n) is 8.13. The molecule has 13 nitrogen and oxygen atoms in total. The van der Waals surface area contributed by atoms with Crippen molar-refractivity contribution < 1.29 is 58.8 Å². The molecule has 0 amide bonds. The Labute approximate surface area is 204 Å². The monoisotopic (exact) mass is 509 g/mol. The van der Waals surface area contributed by atoms with Crippen LogP contribution < -0.4 is 0 Å². The van der Waals surface area contributed by atoms with Crippen LogP contribution >= 0.6 is 0 Å². The number of aliphatic hydroxyl groups excluding tert-OH is 1. The molecule has 0 aliphatic carbocycles. The molecular weight excluding hydrogens is 482 g/mol. The number of hydrogen-bond donors (Lipinski definition) is 5. The van der Waals surface area contributed by atoms with Crippen LogP contribution in [0.1, 0.15) is 34.6 Å². The number of carbonyl (C=O) groups excluding carboxylic acids is 6. The Morgan fingerprint density at radius 2 is 1.28 bits per heavy atom. The van der Waals surface area contributed by atoms with E-state index in [2.05, 4.69) is 5.16 Å². The minimum Gasteiger partial charge on any atom is -0.393 e. The molecule has 0 unspecified atom stereocenters. The molecule has 2 aromatic rings. The molecule has 1 aromatic heterocycles. The van der Waals surface area contributed by atoms with Gasteiger partial charge in [0, 0.05) is 12.3 Å². The lowest BCUT2D eigenvalue weighted by molar-refractivity contribution is -0.264. The highest BCUT2D eigenvalue weighted by Gasteiger charge is 2.79. The second kappa shape index (κ2) is 10.6. The molecule has 4 atom stereocenters. The van der Waals surface area contributed by atoms with Crippen LogP contribution in [0.25, 0.3) is 10.9 Å². The fraction of sp³-hybridized carbons (Fsp3) is 0.435. The highest BCUT2D eigenvalue weighted by atomic mass is 16.5. The number of nitrogens with zero attached hydrogens (tertiary/aromatic N) is 1. The SMILES string of the molecule is CC(=O)C(=O)[C@@](O)(C(C)=O)[C@](O)(C(C)=O)[C@@](O)(C(C)=O)[C@](O)(CO)C(C)=O.c1ccc2nocc2c1. The number of aromatic nitrogens is 1. The van der Waals surface area contributed by atoms with Crippen molar-refractivity contribution in [2.75, 3.05) is 6.61 Å². The predicted molar refractivity (Wildman–Crippen MR) is 119 cm³/mol. The number of Topliss-reactive ketones (excluding diaryl/α,β-unsaturated/α-hetero) is 6. The van der Waals surface area contributed by atoms with E-state index in [1.165, 1.54) is 0 Å². The minimum absolute atomic E-state index is 0.424. The highest BCUT2D eigenvalue weighted by Crippen LogP contribution is 2.43. The van der Waals surface area contributed by atoms with Gasteiger partial charge in [-0.1, -0.05) is 17.3 Å². The molecule has 0 spiro atoms. The van der Waals surface area contributed by atoms with Crippen molar-refractivity contribution in [1.29, 1.82) is 0 Å². The third kappa shape index (κ3) is 4.42. The summed E-state index contributed by atoms with van der Waals surface area (Å²) >= 11 is 0. The van der Waals surface area contributed by atoms with Crippen LogP contribution in [0.2, 0.25) is 0 Å². The average molecular weight is 509 g/mol. The summed E-state index contributed by atoms with van der Waals surface area (Å²) in [6.07, 6.45) is 1.63. The van der Waals surface area contributed by atoms with E-state index in [9.17, 15) is 54.3 Å². The number of rotatable bonds is 10. The van der Waals surface area contributed by atoms with Crippen LogP contribution in [0.15, 0.2) is 35.1 Å². The molecule has 1 heterocycles. The lowest BCUT2D eigenvalue weighted by Gasteiger charge is -2.52. The maximum Gasteiger partial charge on any atom is 0.240 e. The number of aliphatic hydroxyl groups is 5. The molecule has 2 rings (SSSR count). The van der Waals surface area contributed by atoms with Crippen molar-refractivity contribution >= 4 is 45.6 Å². The van der Waals surface area contributed by atoms with Crippen LogP contribution in [-0.4, -0.2) is 94.4 Å². The van der Waals surface area contributed by atoms with E-state index in [0.29, 0.717) is 34.6 Å². The normalized spacial score (nSPS) is 17.7. The third-order valence-corrected chi connectivity index (χ3v) is 5.90. The van der Waals surface area contributed by atoms with Crippen LogP contribution in [0.5, 0.6) is 0 Å². The minimum atomic E-state index is -4.20. The van der Waals surface area contributed by atoms with Crippen molar-refractivity contribution in [2.45, 2.75) is 57.0 Å². The molecule has 1 aromatic carbocycles. The summed E-state index contributed by atoms with van der Waals surface area (Å²) < 4.78 is 4.71. The summed E-state index contributed by atoms with van der Waals surface area (Å²) in [6, 6.07) is 7.77. The Balaban J connectivity index is 0.000000587. The van der Waals surface area contributed by atoms with E-state index in [4.69, 9.17) is 4.52 Å². The first-order chi connectivity index (χ1) is 16.4. The van der Waals surface area contributed by atoms with E-state index < -0.39 is 63.7 Å². The van der Waals surface area contributed by atoms with Crippen molar-refractivity contribution in [1.82, 2.24) is 5.16 Å². The molecule has 0 saturated heterocycles. The van der Waals surface area contributed by atoms with E-state index in [-0.39, 0.29) is 0 Å². The van der Waals surface area contributed by atoms with Crippen LogP contribution in [0.3, 0.4) is 0 Å². The first-order valence-electron chi connectivity index (χ1n) is 10.3. The first kappa shape index (κ1) is 30.5. The molecule has 0 aliphatic heterocycles. The van der Waals surface area contributed by atoms with Gasteiger partial charge in [0.05, 0.1) is 6.61 Å². The summed E-state index contributed by atoms with van der Waals surface area (Å²) in [5.41, 5.74) is -15.1. The number of fused-ring (bicyclic) bond motifs is 1. The number of hydrogen-bond acceptors (Lipinski definition) is 13. The zero-order chi connectivity index (χ0) is 28.3. The Kier molecular flexibility index (Phi) is 9.02. The van der Waals surface area contributed by atoms with Crippen LogP contribution in [0, 0.1) is 0 Å². The smallest absolute Gasteiger partial charge is 0.240 e. The molecule has 0 aliphatic rings. The maximum atomic E-state index is 12.2. The highest BCUT2D eigenvalue weighted by molar-refractivity contribution is 6.45. The third-order valence-electron chi connectivity index (χ3n) is 5.90. The summed E-state index contributed by atoms with van der Waals surface area (Å²) in [4.78, 5) is 72.0. The number of ketones is 6. The molecule has 0 radical (unpaired) electrons. The standard InChI is InChI=1S/C16H22O11.C7H5NO/c1-7(18)12(23)14(25,9(3)20)16(27,11(5)22)15(26,10(4)21)13(24,6-17)8(2)19;1-2-4-7-6(3-1)5-9-8-7/h17,24-27H,6H2,1-5H3;1-5H/t13-,14-,15+,16+;/m0./s1. The lowest BCUT2D eigenvalue weighted by Crippen LogP contribution is -2.85. The van der Waals surface area contributed by atoms with Gasteiger partial charge in [-0.25, -0.2) is 0 Å². The Morgan fingerprint density at radius 1 is 0.778 bits per heavy atom. The fourth-order valence-electron chi connectivity index (χ4n) is 3.74. The lowest BCUT2D eigenvalue weighted by atomic mass is 9.57. The molecule has 0 saturated carbocycles. The number of benzene rings is 1. The zero-order valence-electron chi connectivity index (χ0n) is 20.1. The fourth-order valence-corrected chi connectivity index (χ4v) is 3.74. The molecular formula is C23H27NO12. The molecule has 0 bridgehead atoms. The summed E-state index contributed by atoms with van der Waals surface area (Å²) in [7, 11) is 0. The van der Waals surface area contributed by atoms with Crippen molar-refractivity contribution in [3.63, 3.8) is 0 Å². The van der Waals surface area contributed by atoms with E-state index in [0.717, 1.165) is 10.9 Å². The topological polar surface area (TPSA) is 230 Å². The maximum absolute atomic E-state index is 12.2. The van der Waals surface area contributed by atoms with Gasteiger partial charge in [0.25, 0.3) is 0 Å². The van der Waals surface area contributed by atoms with Gasteiger partial charge in [-0.3, -0.25) is 28.8 Å². The van der Waals surface area contributed by atoms with Gasteiger partial charge in [-0.15, -0.1) is 0 Å². The molecule has 36 heavy (non-hydrogen) atoms. The average Bonchev–Trinajstić information content (AvgIpc) is 3.29. The van der Waals surface area contributed by atoms with Gasteiger partial charge in [0.2, 0.25) is 22.6 Å². The van der Waals surface area contributed by atoms with Gasteiger partial charge < -0.3 is 30.1 Å². The summed E-state index contributed by atoms with van der Waals surface area (Å²) in [5, 5.41) is 57.1. The summed E-state index contributed by atoms with van der Waals surface area (Å²) in [6.45, 7) is 0.706. The van der Waals surface area contributed by atoms with Crippen molar-refractivity contribution in [3.05, 3.63) is 30.5 Å². The molecule has 5 N–H and O–H groups in total. The van der Waals surface area contributed by atoms with E-state index in [1.807, 2.05) is 24.3 Å². The van der Waals surface area contributed by atoms with Gasteiger partial charge in [-0.2, -0.15) is 0 Å². The molecule has 13 heteroatoms. The zero-order valence-corrected chi connectivity index (χ0v) is 20.1. The van der Waals surface area contributed by atoms with Gasteiger partial charge in [-0.05, 0) is 39.8 Å². The second-order valence-corrected chi connectivity index (χ2v) is 8.13. The van der Waals surface area contributed by atoms with Gasteiger partial charge in [0.15, 0.2) is 34.5 Å².